The van der Waals surface area contributed by atoms with Gasteiger partial charge in [-0.15, -0.1) is 0 Å². The summed E-state index contributed by atoms with van der Waals surface area (Å²) in [6.45, 7) is 2.11. The van der Waals surface area contributed by atoms with Gasteiger partial charge in [-0.2, -0.15) is 0 Å². The Bertz CT molecular complexity index is 791. The van der Waals surface area contributed by atoms with Crippen LogP contribution in [0.1, 0.15) is 30.7 Å². The fourth-order valence-electron chi connectivity index (χ4n) is 3.75. The molecule has 0 radical (unpaired) electrons. The number of hydrogen-bond donors (Lipinski definition) is 2. The van der Waals surface area contributed by atoms with Crippen molar-refractivity contribution >= 4 is 6.03 Å². The van der Waals surface area contributed by atoms with E-state index in [9.17, 15) is 9.18 Å². The van der Waals surface area contributed by atoms with E-state index >= 15 is 0 Å². The standard InChI is InChI=1S/C18H21FN4O2/c1-11-20-6-7-23(11)16-4-2-13(19)8-12(16)10-21-18(24)22-15-9-14-3-5-17(15)25-14/h2,4,6-8,14-15,17H,3,5,9-10H2,1H3,(H2,21,22,24)/t14-,15-,17-/m1/s1. The molecule has 0 aliphatic carbocycles. The van der Waals surface area contributed by atoms with Crippen molar-refractivity contribution in [2.45, 2.75) is 51.0 Å². The van der Waals surface area contributed by atoms with Crippen LogP contribution in [-0.2, 0) is 11.3 Å². The second-order valence-electron chi connectivity index (χ2n) is 6.66. The van der Waals surface area contributed by atoms with Crippen LogP contribution in [0.15, 0.2) is 30.6 Å². The Hall–Kier alpha value is -2.41. The van der Waals surface area contributed by atoms with Crippen LogP contribution in [0.2, 0.25) is 0 Å². The number of ether oxygens (including phenoxy) is 1. The SMILES string of the molecule is Cc1nccn1-c1ccc(F)cc1CNC(=O)N[C@@H]1C[C@H]2CC[C@H]1O2. The number of halogens is 1. The van der Waals surface area contributed by atoms with Gasteiger partial charge in [-0.1, -0.05) is 0 Å². The molecule has 3 heterocycles. The molecule has 2 saturated heterocycles. The number of carbonyl (C=O) groups excluding carboxylic acids is 1. The van der Waals surface area contributed by atoms with Crippen molar-refractivity contribution in [1.29, 1.82) is 0 Å². The lowest BCUT2D eigenvalue weighted by atomic mass is 9.96. The number of amides is 2. The first-order chi connectivity index (χ1) is 12.1. The molecule has 2 fully saturated rings. The second-order valence-corrected chi connectivity index (χ2v) is 6.66. The molecule has 0 spiro atoms. The fourth-order valence-corrected chi connectivity index (χ4v) is 3.75. The number of benzene rings is 1. The number of nitrogens with zero attached hydrogens (tertiary/aromatic N) is 2. The zero-order valence-electron chi connectivity index (χ0n) is 14.0. The first kappa shape index (κ1) is 16.1. The van der Waals surface area contributed by atoms with Crippen molar-refractivity contribution in [3.8, 4) is 5.69 Å². The highest BCUT2D eigenvalue weighted by molar-refractivity contribution is 5.74. The molecule has 2 bridgehead atoms. The van der Waals surface area contributed by atoms with Crippen LogP contribution in [0.5, 0.6) is 0 Å². The summed E-state index contributed by atoms with van der Waals surface area (Å²) in [7, 11) is 0. The molecule has 7 heteroatoms. The molecule has 2 N–H and O–H groups in total. The largest absolute Gasteiger partial charge is 0.373 e. The minimum Gasteiger partial charge on any atom is -0.373 e. The third-order valence-corrected chi connectivity index (χ3v) is 4.99. The van der Waals surface area contributed by atoms with E-state index in [4.69, 9.17) is 4.74 Å². The Morgan fingerprint density at radius 1 is 1.44 bits per heavy atom. The average molecular weight is 344 g/mol. The average Bonchev–Trinajstić information content (AvgIpc) is 3.30. The highest BCUT2D eigenvalue weighted by Crippen LogP contribution is 2.34. The third kappa shape index (κ3) is 3.24. The van der Waals surface area contributed by atoms with Gasteiger partial charge in [0.05, 0.1) is 23.9 Å². The number of aryl methyl sites for hydroxylation is 1. The van der Waals surface area contributed by atoms with Crippen LogP contribution < -0.4 is 10.6 Å². The molecule has 1 aromatic carbocycles. The number of nitrogens with one attached hydrogen (secondary N) is 2. The molecular formula is C18H21FN4O2. The second kappa shape index (κ2) is 6.48. The summed E-state index contributed by atoms with van der Waals surface area (Å²) in [5, 5.41) is 5.80. The van der Waals surface area contributed by atoms with Crippen LogP contribution >= 0.6 is 0 Å². The molecule has 25 heavy (non-hydrogen) atoms. The van der Waals surface area contributed by atoms with Gasteiger partial charge in [0.15, 0.2) is 0 Å². The predicted molar refractivity (Wildman–Crippen MR) is 89.9 cm³/mol. The summed E-state index contributed by atoms with van der Waals surface area (Å²) in [6.07, 6.45) is 6.89. The molecule has 0 saturated carbocycles. The lowest BCUT2D eigenvalue weighted by Gasteiger charge is -2.20. The number of rotatable bonds is 4. The molecule has 0 unspecified atom stereocenters. The minimum absolute atomic E-state index is 0.0709. The van der Waals surface area contributed by atoms with Crippen molar-refractivity contribution in [3.63, 3.8) is 0 Å². The van der Waals surface area contributed by atoms with Crippen LogP contribution in [0.4, 0.5) is 9.18 Å². The van der Waals surface area contributed by atoms with E-state index in [0.717, 1.165) is 30.8 Å². The van der Waals surface area contributed by atoms with Crippen LogP contribution in [0.3, 0.4) is 0 Å². The summed E-state index contributed by atoms with van der Waals surface area (Å²) in [4.78, 5) is 16.4. The molecule has 1 aromatic heterocycles. The number of urea groups is 1. The van der Waals surface area contributed by atoms with Gasteiger partial charge in [0, 0.05) is 18.9 Å². The summed E-state index contributed by atoms with van der Waals surface area (Å²) in [6, 6.07) is 4.36. The van der Waals surface area contributed by atoms with Crippen molar-refractivity contribution in [1.82, 2.24) is 20.2 Å². The number of aromatic nitrogens is 2. The maximum atomic E-state index is 13.7. The molecule has 2 aliphatic rings. The summed E-state index contributed by atoms with van der Waals surface area (Å²) in [5.74, 6) is 0.469. The quantitative estimate of drug-likeness (QED) is 0.895. The van der Waals surface area contributed by atoms with Crippen LogP contribution in [0.25, 0.3) is 5.69 Å². The maximum absolute atomic E-state index is 13.7. The monoisotopic (exact) mass is 344 g/mol. The Morgan fingerprint density at radius 2 is 2.32 bits per heavy atom. The minimum atomic E-state index is -0.333. The molecule has 2 amide bonds. The van der Waals surface area contributed by atoms with E-state index in [1.807, 2.05) is 17.7 Å². The number of hydrogen-bond acceptors (Lipinski definition) is 3. The first-order valence-corrected chi connectivity index (χ1v) is 8.59. The van der Waals surface area contributed by atoms with Gasteiger partial charge >= 0.3 is 6.03 Å². The molecule has 3 atom stereocenters. The van der Waals surface area contributed by atoms with Crippen molar-refractivity contribution in [3.05, 3.63) is 47.8 Å². The van der Waals surface area contributed by atoms with E-state index in [-0.39, 0.29) is 36.6 Å². The smallest absolute Gasteiger partial charge is 0.315 e. The van der Waals surface area contributed by atoms with Crippen molar-refractivity contribution in [2.75, 3.05) is 0 Å². The topological polar surface area (TPSA) is 68.2 Å². The van der Waals surface area contributed by atoms with E-state index in [0.29, 0.717) is 5.56 Å². The van der Waals surface area contributed by atoms with Gasteiger partial charge in [-0.05, 0) is 49.9 Å². The third-order valence-electron chi connectivity index (χ3n) is 4.99. The van der Waals surface area contributed by atoms with Crippen LogP contribution in [-0.4, -0.2) is 33.8 Å². The molecule has 4 rings (SSSR count). The summed E-state index contributed by atoms with van der Waals surface area (Å²) >= 11 is 0. The Labute approximate surface area is 145 Å². The van der Waals surface area contributed by atoms with E-state index in [1.54, 1.807) is 12.3 Å². The van der Waals surface area contributed by atoms with Gasteiger partial charge in [0.1, 0.15) is 11.6 Å². The zero-order valence-corrected chi connectivity index (χ0v) is 14.0. The normalized spacial score (nSPS) is 24.5. The van der Waals surface area contributed by atoms with Gasteiger partial charge in [-0.25, -0.2) is 14.2 Å². The highest BCUT2D eigenvalue weighted by atomic mass is 19.1. The Kier molecular flexibility index (Phi) is 4.17. The molecule has 2 aliphatic heterocycles. The zero-order chi connectivity index (χ0) is 17.4. The van der Waals surface area contributed by atoms with Gasteiger partial charge in [0.2, 0.25) is 0 Å². The van der Waals surface area contributed by atoms with E-state index in [2.05, 4.69) is 15.6 Å². The highest BCUT2D eigenvalue weighted by Gasteiger charge is 2.41. The molecule has 6 nitrogen and oxygen atoms in total. The van der Waals surface area contributed by atoms with Gasteiger partial charge in [-0.3, -0.25) is 0 Å². The molecule has 132 valence electrons. The summed E-state index contributed by atoms with van der Waals surface area (Å²) in [5.41, 5.74) is 1.50. The first-order valence-electron chi connectivity index (χ1n) is 8.59. The summed E-state index contributed by atoms with van der Waals surface area (Å²) < 4.78 is 21.3. The van der Waals surface area contributed by atoms with E-state index < -0.39 is 0 Å². The van der Waals surface area contributed by atoms with Gasteiger partial charge < -0.3 is 19.9 Å². The van der Waals surface area contributed by atoms with Crippen molar-refractivity contribution < 1.29 is 13.9 Å². The van der Waals surface area contributed by atoms with Crippen LogP contribution in [0, 0.1) is 12.7 Å². The lowest BCUT2D eigenvalue weighted by molar-refractivity contribution is 0.0981. The van der Waals surface area contributed by atoms with Gasteiger partial charge in [0.25, 0.3) is 0 Å². The molecular weight excluding hydrogens is 323 g/mol. The number of imidazole rings is 1. The fraction of sp³-hybridized carbons (Fsp3) is 0.444. The Balaban J connectivity index is 1.43. The Morgan fingerprint density at radius 3 is 3.00 bits per heavy atom. The van der Waals surface area contributed by atoms with Crippen molar-refractivity contribution in [2.24, 2.45) is 0 Å². The van der Waals surface area contributed by atoms with E-state index in [1.165, 1.54) is 12.1 Å². The lowest BCUT2D eigenvalue weighted by Crippen LogP contribution is -2.46. The molecule has 2 aromatic rings. The maximum Gasteiger partial charge on any atom is 0.315 e. The predicted octanol–water partition coefficient (Wildman–Crippen LogP) is 2.44. The number of carbonyl (C=O) groups is 1. The number of fused-ring (bicyclic) bond motifs is 2.